The van der Waals surface area contributed by atoms with Crippen molar-refractivity contribution in [2.45, 2.75) is 18.5 Å². The molecule has 3 aromatic rings. The lowest BCUT2D eigenvalue weighted by Gasteiger charge is -1.98. The highest BCUT2D eigenvalue weighted by Gasteiger charge is 2.13. The Balaban J connectivity index is 2.23. The third kappa shape index (κ3) is 2.06. The summed E-state index contributed by atoms with van der Waals surface area (Å²) in [6.45, 7) is 2.11. The van der Waals surface area contributed by atoms with Gasteiger partial charge in [0.15, 0.2) is 5.65 Å². The van der Waals surface area contributed by atoms with Crippen molar-refractivity contribution in [3.05, 3.63) is 24.0 Å². The monoisotopic (exact) mass is 276 g/mol. The molecular weight excluding hydrogens is 263 g/mol. The van der Waals surface area contributed by atoms with Gasteiger partial charge in [0.1, 0.15) is 11.3 Å². The Hall–Kier alpha value is -1.69. The van der Waals surface area contributed by atoms with E-state index in [1.165, 1.54) is 12.1 Å². The zero-order valence-corrected chi connectivity index (χ0v) is 11.5. The smallest absolute Gasteiger partial charge is 0.211 e. The quantitative estimate of drug-likeness (QED) is 0.689. The molecule has 3 rings (SSSR count). The zero-order chi connectivity index (χ0) is 13.4. The van der Waals surface area contributed by atoms with E-state index in [-0.39, 0.29) is 5.82 Å². The van der Waals surface area contributed by atoms with E-state index < -0.39 is 0 Å². The van der Waals surface area contributed by atoms with Crippen LogP contribution in [0, 0.1) is 5.82 Å². The van der Waals surface area contributed by atoms with Crippen LogP contribution in [-0.2, 0) is 7.05 Å². The van der Waals surface area contributed by atoms with Gasteiger partial charge in [0.05, 0.1) is 5.52 Å². The Kier molecular flexibility index (Phi) is 3.10. The fraction of sp³-hybridized carbons (Fsp3) is 0.308. The SMILES string of the molecule is CCCSc1nnc2c3cc(F)ccc3n(C)c2n1. The molecule has 0 aliphatic carbocycles. The van der Waals surface area contributed by atoms with Crippen molar-refractivity contribution < 1.29 is 4.39 Å². The second kappa shape index (κ2) is 4.77. The molecule has 4 nitrogen and oxygen atoms in total. The number of thioether (sulfide) groups is 1. The molecule has 0 amide bonds. The molecule has 0 aliphatic heterocycles. The van der Waals surface area contributed by atoms with Gasteiger partial charge in [0, 0.05) is 18.2 Å². The Morgan fingerprint density at radius 2 is 2.16 bits per heavy atom. The lowest BCUT2D eigenvalue weighted by Crippen LogP contribution is -1.95. The van der Waals surface area contributed by atoms with Crippen LogP contribution < -0.4 is 0 Å². The minimum Gasteiger partial charge on any atom is -0.327 e. The summed E-state index contributed by atoms with van der Waals surface area (Å²) in [4.78, 5) is 4.51. The van der Waals surface area contributed by atoms with E-state index in [9.17, 15) is 4.39 Å². The van der Waals surface area contributed by atoms with E-state index in [2.05, 4.69) is 22.1 Å². The Bertz CT molecular complexity index is 753. The first-order valence-corrected chi connectivity index (χ1v) is 7.10. The molecule has 6 heteroatoms. The number of halogens is 1. The zero-order valence-electron chi connectivity index (χ0n) is 10.7. The van der Waals surface area contributed by atoms with E-state index in [1.807, 2.05) is 11.6 Å². The van der Waals surface area contributed by atoms with Crippen LogP contribution in [0.2, 0.25) is 0 Å². The van der Waals surface area contributed by atoms with Gasteiger partial charge < -0.3 is 4.57 Å². The minimum absolute atomic E-state index is 0.272. The van der Waals surface area contributed by atoms with Gasteiger partial charge >= 0.3 is 0 Å². The van der Waals surface area contributed by atoms with Crippen LogP contribution in [0.5, 0.6) is 0 Å². The Labute approximate surface area is 114 Å². The van der Waals surface area contributed by atoms with Crippen molar-refractivity contribution in [1.29, 1.82) is 0 Å². The number of hydrogen-bond donors (Lipinski definition) is 0. The number of hydrogen-bond acceptors (Lipinski definition) is 4. The molecule has 19 heavy (non-hydrogen) atoms. The summed E-state index contributed by atoms with van der Waals surface area (Å²) >= 11 is 1.58. The number of benzene rings is 1. The van der Waals surface area contributed by atoms with Crippen LogP contribution in [0.4, 0.5) is 4.39 Å². The fourth-order valence-electron chi connectivity index (χ4n) is 2.07. The summed E-state index contributed by atoms with van der Waals surface area (Å²) in [7, 11) is 1.91. The second-order valence-corrected chi connectivity index (χ2v) is 5.40. The summed E-state index contributed by atoms with van der Waals surface area (Å²) in [6.07, 6.45) is 1.06. The molecule has 1 aromatic carbocycles. The van der Waals surface area contributed by atoms with E-state index in [4.69, 9.17) is 0 Å². The van der Waals surface area contributed by atoms with E-state index in [0.29, 0.717) is 10.7 Å². The van der Waals surface area contributed by atoms with Crippen molar-refractivity contribution in [3.8, 4) is 0 Å². The molecule has 0 fully saturated rings. The first kappa shape index (κ1) is 12.3. The number of rotatable bonds is 3. The summed E-state index contributed by atoms with van der Waals surface area (Å²) in [5.74, 6) is 0.692. The van der Waals surface area contributed by atoms with Crippen molar-refractivity contribution in [1.82, 2.24) is 19.7 Å². The van der Waals surface area contributed by atoms with Crippen LogP contribution in [-0.4, -0.2) is 25.5 Å². The summed E-state index contributed by atoms with van der Waals surface area (Å²) in [5.41, 5.74) is 2.31. The molecule has 2 heterocycles. The summed E-state index contributed by atoms with van der Waals surface area (Å²) in [6, 6.07) is 4.67. The van der Waals surface area contributed by atoms with Crippen LogP contribution in [0.25, 0.3) is 22.1 Å². The standard InChI is InChI=1S/C13H13FN4S/c1-3-6-19-13-15-12-11(16-17-13)9-7-8(14)4-5-10(9)18(12)2/h4-5,7H,3,6H2,1-2H3. The van der Waals surface area contributed by atoms with Gasteiger partial charge in [-0.2, -0.15) is 0 Å². The average Bonchev–Trinajstić information content (AvgIpc) is 2.69. The normalized spacial score (nSPS) is 11.5. The lowest BCUT2D eigenvalue weighted by atomic mass is 10.2. The van der Waals surface area contributed by atoms with Gasteiger partial charge in [-0.25, -0.2) is 9.37 Å². The third-order valence-corrected chi connectivity index (χ3v) is 4.02. The van der Waals surface area contributed by atoms with Gasteiger partial charge in [0.25, 0.3) is 0 Å². The van der Waals surface area contributed by atoms with Crippen molar-refractivity contribution >= 4 is 33.8 Å². The Morgan fingerprint density at radius 1 is 1.32 bits per heavy atom. The topological polar surface area (TPSA) is 43.6 Å². The number of aromatic nitrogens is 4. The highest BCUT2D eigenvalue weighted by atomic mass is 32.2. The van der Waals surface area contributed by atoms with Gasteiger partial charge in [0.2, 0.25) is 5.16 Å². The van der Waals surface area contributed by atoms with Crippen molar-refractivity contribution in [2.75, 3.05) is 5.75 Å². The third-order valence-electron chi connectivity index (χ3n) is 2.98. The average molecular weight is 276 g/mol. The highest BCUT2D eigenvalue weighted by Crippen LogP contribution is 2.26. The predicted molar refractivity (Wildman–Crippen MR) is 74.8 cm³/mol. The molecule has 0 spiro atoms. The van der Waals surface area contributed by atoms with Gasteiger partial charge in [-0.15, -0.1) is 10.2 Å². The van der Waals surface area contributed by atoms with Crippen molar-refractivity contribution in [2.24, 2.45) is 7.05 Å². The molecule has 0 atom stereocenters. The molecular formula is C13H13FN4S. The van der Waals surface area contributed by atoms with Crippen LogP contribution in [0.3, 0.4) is 0 Å². The molecule has 0 N–H and O–H groups in total. The molecule has 0 radical (unpaired) electrons. The molecule has 0 aliphatic rings. The molecule has 0 saturated carbocycles. The van der Waals surface area contributed by atoms with Gasteiger partial charge in [-0.3, -0.25) is 0 Å². The Morgan fingerprint density at radius 3 is 2.95 bits per heavy atom. The number of fused-ring (bicyclic) bond motifs is 3. The maximum atomic E-state index is 13.3. The summed E-state index contributed by atoms with van der Waals surface area (Å²) < 4.78 is 15.3. The largest absolute Gasteiger partial charge is 0.327 e. The molecule has 0 unspecified atom stereocenters. The van der Waals surface area contributed by atoms with Crippen LogP contribution in [0.1, 0.15) is 13.3 Å². The van der Waals surface area contributed by atoms with Gasteiger partial charge in [-0.1, -0.05) is 18.7 Å². The predicted octanol–water partition coefficient (Wildman–Crippen LogP) is 3.16. The van der Waals surface area contributed by atoms with Gasteiger partial charge in [-0.05, 0) is 24.6 Å². The summed E-state index contributed by atoms with van der Waals surface area (Å²) in [5, 5.41) is 9.73. The van der Waals surface area contributed by atoms with E-state index in [0.717, 1.165) is 28.7 Å². The minimum atomic E-state index is -0.272. The van der Waals surface area contributed by atoms with Crippen LogP contribution >= 0.6 is 11.8 Å². The lowest BCUT2D eigenvalue weighted by molar-refractivity contribution is 0.629. The van der Waals surface area contributed by atoms with Crippen molar-refractivity contribution in [3.63, 3.8) is 0 Å². The number of nitrogens with zero attached hydrogens (tertiary/aromatic N) is 4. The maximum Gasteiger partial charge on any atom is 0.211 e. The maximum absolute atomic E-state index is 13.3. The first-order chi connectivity index (χ1) is 9.20. The molecule has 0 bridgehead atoms. The van der Waals surface area contributed by atoms with E-state index >= 15 is 0 Å². The molecule has 2 aromatic heterocycles. The van der Waals surface area contributed by atoms with E-state index in [1.54, 1.807) is 17.8 Å². The molecule has 98 valence electrons. The van der Waals surface area contributed by atoms with Crippen LogP contribution in [0.15, 0.2) is 23.4 Å². The second-order valence-electron chi connectivity index (χ2n) is 4.34. The molecule has 0 saturated heterocycles. The first-order valence-electron chi connectivity index (χ1n) is 6.12. The highest BCUT2D eigenvalue weighted by molar-refractivity contribution is 7.99. The fourth-order valence-corrected chi connectivity index (χ4v) is 2.71. The number of aryl methyl sites for hydroxylation is 1.